The number of hydrogen-bond acceptors (Lipinski definition) is 4. The van der Waals surface area contributed by atoms with Gasteiger partial charge in [0, 0.05) is 22.9 Å². The number of nitrogens with zero attached hydrogens (tertiary/aromatic N) is 1. The monoisotopic (exact) mass is 263 g/mol. The summed E-state index contributed by atoms with van der Waals surface area (Å²) in [5.74, 6) is 2.35. The van der Waals surface area contributed by atoms with Crippen LogP contribution >= 0.6 is 12.0 Å². The van der Waals surface area contributed by atoms with Gasteiger partial charge in [-0.15, -0.1) is 13.2 Å². The first kappa shape index (κ1) is 13.3. The molecule has 0 unspecified atom stereocenters. The van der Waals surface area contributed by atoms with Gasteiger partial charge in [0.2, 0.25) is 0 Å². The van der Waals surface area contributed by atoms with Gasteiger partial charge in [0.25, 0.3) is 5.69 Å². The molecule has 0 saturated carbocycles. The Bertz CT molecular complexity index is 461. The van der Waals surface area contributed by atoms with Crippen molar-refractivity contribution in [3.05, 3.63) is 39.9 Å². The standard InChI is InChI=1S/C9H4F3NO3S/c10-9(11,12)16-17-6-5-7-1-3-8(4-2-7)13(14)15/h1-4H. The van der Waals surface area contributed by atoms with Gasteiger partial charge in [-0.3, -0.25) is 10.1 Å². The summed E-state index contributed by atoms with van der Waals surface area (Å²) in [5.41, 5.74) is 0.239. The maximum Gasteiger partial charge on any atom is 0.534 e. The van der Waals surface area contributed by atoms with E-state index in [-0.39, 0.29) is 17.7 Å². The summed E-state index contributed by atoms with van der Waals surface area (Å²) in [4.78, 5) is 9.72. The van der Waals surface area contributed by atoms with Crippen LogP contribution in [0.3, 0.4) is 0 Å². The highest BCUT2D eigenvalue weighted by Gasteiger charge is 2.29. The first-order valence-corrected chi connectivity index (χ1v) is 4.79. The summed E-state index contributed by atoms with van der Waals surface area (Å²) in [7, 11) is 0. The number of nitro groups is 1. The molecule has 0 fully saturated rings. The van der Waals surface area contributed by atoms with E-state index >= 15 is 0 Å². The normalized spacial score (nSPS) is 10.5. The smallest absolute Gasteiger partial charge is 0.258 e. The van der Waals surface area contributed by atoms with Gasteiger partial charge in [-0.1, -0.05) is 5.92 Å². The Morgan fingerprint density at radius 2 is 1.88 bits per heavy atom. The molecule has 1 aromatic carbocycles. The minimum atomic E-state index is -4.74. The summed E-state index contributed by atoms with van der Waals surface area (Å²) in [6.07, 6.45) is -4.74. The molecular weight excluding hydrogens is 259 g/mol. The van der Waals surface area contributed by atoms with Crippen molar-refractivity contribution in [1.82, 2.24) is 0 Å². The fraction of sp³-hybridized carbons (Fsp3) is 0.111. The Morgan fingerprint density at radius 1 is 1.29 bits per heavy atom. The number of halogens is 3. The van der Waals surface area contributed by atoms with Gasteiger partial charge in [0.1, 0.15) is 0 Å². The van der Waals surface area contributed by atoms with Crippen LogP contribution in [0.25, 0.3) is 0 Å². The Hall–Kier alpha value is -1.72. The number of non-ortho nitro benzene ring substituents is 1. The number of rotatable bonds is 2. The van der Waals surface area contributed by atoms with Crippen molar-refractivity contribution < 1.29 is 22.3 Å². The van der Waals surface area contributed by atoms with Gasteiger partial charge in [-0.25, -0.2) is 4.18 Å². The van der Waals surface area contributed by atoms with Crippen molar-refractivity contribution in [1.29, 1.82) is 0 Å². The van der Waals surface area contributed by atoms with Crippen LogP contribution in [0, 0.1) is 21.3 Å². The van der Waals surface area contributed by atoms with Crippen molar-refractivity contribution in [3.63, 3.8) is 0 Å². The highest BCUT2D eigenvalue weighted by atomic mass is 32.2. The Labute approximate surface area is 98.1 Å². The lowest BCUT2D eigenvalue weighted by Gasteiger charge is -1.99. The van der Waals surface area contributed by atoms with Crippen LogP contribution < -0.4 is 0 Å². The largest absolute Gasteiger partial charge is 0.534 e. The fourth-order valence-corrected chi connectivity index (χ4v) is 1.11. The lowest BCUT2D eigenvalue weighted by Crippen LogP contribution is -2.06. The summed E-state index contributed by atoms with van der Waals surface area (Å²) >= 11 is -0.0545. The summed E-state index contributed by atoms with van der Waals surface area (Å²) in [6, 6.07) is 5.08. The highest BCUT2D eigenvalue weighted by Crippen LogP contribution is 2.22. The molecule has 4 nitrogen and oxygen atoms in total. The second-order valence-electron chi connectivity index (χ2n) is 2.64. The minimum absolute atomic E-state index is 0.0545. The predicted octanol–water partition coefficient (Wildman–Crippen LogP) is 3.09. The van der Waals surface area contributed by atoms with Crippen molar-refractivity contribution in [2.45, 2.75) is 6.36 Å². The molecule has 0 saturated heterocycles. The van der Waals surface area contributed by atoms with Crippen LogP contribution in [0.1, 0.15) is 5.56 Å². The number of alkyl halides is 3. The fourth-order valence-electron chi connectivity index (χ4n) is 0.814. The quantitative estimate of drug-likeness (QED) is 0.356. The zero-order chi connectivity index (χ0) is 12.9. The van der Waals surface area contributed by atoms with Crippen molar-refractivity contribution in [3.8, 4) is 11.2 Å². The third-order valence-electron chi connectivity index (χ3n) is 1.45. The molecule has 0 bridgehead atoms. The van der Waals surface area contributed by atoms with Crippen molar-refractivity contribution in [2.75, 3.05) is 0 Å². The second-order valence-corrected chi connectivity index (χ2v) is 3.18. The molecular formula is C9H4F3NO3S. The van der Waals surface area contributed by atoms with E-state index in [1.807, 2.05) is 0 Å². The van der Waals surface area contributed by atoms with E-state index in [2.05, 4.69) is 15.4 Å². The number of hydrogen-bond donors (Lipinski definition) is 0. The molecule has 0 amide bonds. The van der Waals surface area contributed by atoms with E-state index in [0.29, 0.717) is 5.56 Å². The van der Waals surface area contributed by atoms with Crippen LogP contribution in [-0.4, -0.2) is 11.3 Å². The molecule has 1 rings (SSSR count). The summed E-state index contributed by atoms with van der Waals surface area (Å²) in [5, 5.41) is 12.4. The Balaban J connectivity index is 2.58. The molecule has 0 radical (unpaired) electrons. The van der Waals surface area contributed by atoms with Gasteiger partial charge in [0.15, 0.2) is 0 Å². The molecule has 0 atom stereocenters. The predicted molar refractivity (Wildman–Crippen MR) is 54.7 cm³/mol. The first-order chi connectivity index (χ1) is 7.88. The molecule has 0 spiro atoms. The molecule has 90 valence electrons. The molecule has 0 aromatic heterocycles. The maximum absolute atomic E-state index is 11.5. The van der Waals surface area contributed by atoms with E-state index in [0.717, 1.165) is 0 Å². The summed E-state index contributed by atoms with van der Waals surface area (Å²) < 4.78 is 38.0. The molecule has 8 heteroatoms. The molecule has 0 aliphatic carbocycles. The van der Waals surface area contributed by atoms with Crippen LogP contribution in [0.5, 0.6) is 0 Å². The first-order valence-electron chi connectivity index (χ1n) is 4.05. The third kappa shape index (κ3) is 5.24. The summed E-state index contributed by atoms with van der Waals surface area (Å²) in [6.45, 7) is 0. The van der Waals surface area contributed by atoms with Crippen molar-refractivity contribution in [2.24, 2.45) is 0 Å². The van der Waals surface area contributed by atoms with E-state index in [4.69, 9.17) is 0 Å². The van der Waals surface area contributed by atoms with E-state index in [1.165, 1.54) is 24.3 Å². The van der Waals surface area contributed by atoms with Crippen LogP contribution in [0.2, 0.25) is 0 Å². The topological polar surface area (TPSA) is 52.4 Å². The second kappa shape index (κ2) is 5.56. The van der Waals surface area contributed by atoms with Gasteiger partial charge in [0.05, 0.1) is 17.0 Å². The van der Waals surface area contributed by atoms with E-state index in [1.54, 1.807) is 0 Å². The number of benzene rings is 1. The molecule has 0 N–H and O–H groups in total. The SMILES string of the molecule is O=[N+]([O-])c1ccc(C#CSOC(F)(F)F)cc1. The third-order valence-corrected chi connectivity index (χ3v) is 1.91. The van der Waals surface area contributed by atoms with Gasteiger partial charge < -0.3 is 0 Å². The van der Waals surface area contributed by atoms with Gasteiger partial charge >= 0.3 is 6.36 Å². The molecule has 0 aliphatic rings. The molecule has 17 heavy (non-hydrogen) atoms. The molecule has 1 aromatic rings. The van der Waals surface area contributed by atoms with Crippen LogP contribution in [0.4, 0.5) is 18.9 Å². The number of nitro benzene ring substituents is 1. The maximum atomic E-state index is 11.5. The van der Waals surface area contributed by atoms with Gasteiger partial charge in [-0.05, 0) is 12.1 Å². The minimum Gasteiger partial charge on any atom is -0.258 e. The Kier molecular flexibility index (Phi) is 4.37. The molecule has 0 heterocycles. The zero-order valence-electron chi connectivity index (χ0n) is 8.02. The average Bonchev–Trinajstić information content (AvgIpc) is 2.24. The zero-order valence-corrected chi connectivity index (χ0v) is 8.84. The van der Waals surface area contributed by atoms with Crippen LogP contribution in [0.15, 0.2) is 24.3 Å². The Morgan fingerprint density at radius 3 is 2.35 bits per heavy atom. The average molecular weight is 263 g/mol. The van der Waals surface area contributed by atoms with E-state index in [9.17, 15) is 23.3 Å². The lowest BCUT2D eigenvalue weighted by molar-refractivity contribution is -0.384. The van der Waals surface area contributed by atoms with E-state index < -0.39 is 11.3 Å². The highest BCUT2D eigenvalue weighted by molar-refractivity contribution is 7.99. The lowest BCUT2D eigenvalue weighted by atomic mass is 10.2. The van der Waals surface area contributed by atoms with Crippen molar-refractivity contribution >= 4 is 17.7 Å². The van der Waals surface area contributed by atoms with Gasteiger partial charge in [-0.2, -0.15) is 0 Å². The van der Waals surface area contributed by atoms with Crippen LogP contribution in [-0.2, 0) is 4.18 Å². The molecule has 0 aliphatic heterocycles.